The number of halogens is 3. The van der Waals surface area contributed by atoms with Crippen LogP contribution in [-0.4, -0.2) is 3.98 Å². The lowest BCUT2D eigenvalue weighted by molar-refractivity contribution is 0.380. The number of hydrogen-bond acceptors (Lipinski definition) is 2. The van der Waals surface area contributed by atoms with Gasteiger partial charge in [-0.05, 0) is 5.56 Å². The van der Waals surface area contributed by atoms with Crippen molar-refractivity contribution < 1.29 is 4.18 Å². The minimum atomic E-state index is -1.64. The molecule has 0 aromatic heterocycles. The van der Waals surface area contributed by atoms with Crippen molar-refractivity contribution in [1.29, 1.82) is 0 Å². The second kappa shape index (κ2) is 5.32. The average molecular weight is 258 g/mol. The summed E-state index contributed by atoms with van der Waals surface area (Å²) >= 11 is 17.3. The minimum absolute atomic E-state index is 0.661. The molecule has 72 valence electrons. The van der Waals surface area contributed by atoms with Crippen LogP contribution in [0.4, 0.5) is 0 Å². The van der Waals surface area contributed by atoms with Gasteiger partial charge in [-0.25, -0.2) is 0 Å². The van der Waals surface area contributed by atoms with E-state index in [1.165, 1.54) is 0 Å². The highest BCUT2D eigenvalue weighted by Gasteiger charge is 2.20. The largest absolute Gasteiger partial charge is 0.307 e. The van der Waals surface area contributed by atoms with Crippen molar-refractivity contribution in [1.82, 2.24) is 0 Å². The van der Waals surface area contributed by atoms with E-state index < -0.39 is 3.98 Å². The fourth-order valence-corrected chi connectivity index (χ4v) is 1.66. The maximum absolute atomic E-state index is 5.39. The summed E-state index contributed by atoms with van der Waals surface area (Å²) in [5.41, 5.74) is 1.13. The summed E-state index contributed by atoms with van der Waals surface area (Å²) < 4.78 is 3.21. The summed E-state index contributed by atoms with van der Waals surface area (Å²) in [5, 5.41) is 0. The van der Waals surface area contributed by atoms with E-state index in [-0.39, 0.29) is 0 Å². The molecule has 0 aliphatic rings. The third-order valence-corrected chi connectivity index (χ3v) is 2.55. The van der Waals surface area contributed by atoms with Gasteiger partial charge in [-0.2, -0.15) is 0 Å². The first-order valence-corrected chi connectivity index (χ1v) is 5.54. The van der Waals surface area contributed by atoms with Crippen LogP contribution in [0.15, 0.2) is 30.3 Å². The fourth-order valence-electron chi connectivity index (χ4n) is 0.739. The van der Waals surface area contributed by atoms with Crippen molar-refractivity contribution in [2.45, 2.75) is 9.73 Å². The molecule has 0 radical (unpaired) electrons. The lowest BCUT2D eigenvalue weighted by atomic mass is 10.2. The van der Waals surface area contributed by atoms with Gasteiger partial charge in [0.15, 0.2) is 0 Å². The first-order valence-electron chi connectivity index (χ1n) is 3.49. The Kier molecular flexibility index (Phi) is 4.70. The van der Waals surface area contributed by atoms with E-state index in [1.54, 1.807) is 0 Å². The van der Waals surface area contributed by atoms with Crippen LogP contribution in [0.3, 0.4) is 0 Å². The smallest absolute Gasteiger partial charge is 0.263 e. The van der Waals surface area contributed by atoms with Gasteiger partial charge in [-0.15, -0.1) is 0 Å². The zero-order valence-electron chi connectivity index (χ0n) is 6.54. The molecule has 1 aromatic rings. The molecule has 0 fully saturated rings. The summed E-state index contributed by atoms with van der Waals surface area (Å²) in [4.78, 5) is 0. The van der Waals surface area contributed by atoms with Crippen LogP contribution < -0.4 is 0 Å². The third kappa shape index (κ3) is 5.66. The second-order valence-corrected chi connectivity index (χ2v) is 5.15. The second-order valence-electron chi connectivity index (χ2n) is 2.28. The van der Waals surface area contributed by atoms with Crippen molar-refractivity contribution in [3.05, 3.63) is 35.9 Å². The van der Waals surface area contributed by atoms with Gasteiger partial charge in [0.25, 0.3) is 0 Å². The molecule has 13 heavy (non-hydrogen) atoms. The van der Waals surface area contributed by atoms with Crippen LogP contribution in [0.2, 0.25) is 0 Å². The van der Waals surface area contributed by atoms with Gasteiger partial charge < -0.3 is 0 Å². The van der Waals surface area contributed by atoms with Gasteiger partial charge in [0.1, 0.15) is 0 Å². The molecule has 5 heteroatoms. The van der Waals surface area contributed by atoms with Crippen molar-refractivity contribution in [3.8, 4) is 0 Å². The predicted octanol–water partition coefficient (Wildman–Crippen LogP) is 4.18. The van der Waals surface area contributed by atoms with E-state index >= 15 is 0 Å². The Bertz CT molecular complexity index is 247. The summed E-state index contributed by atoms with van der Waals surface area (Å²) in [6, 6.07) is 9.81. The van der Waals surface area contributed by atoms with Crippen LogP contribution in [0.1, 0.15) is 5.56 Å². The van der Waals surface area contributed by atoms with E-state index in [4.69, 9.17) is 39.0 Å². The van der Waals surface area contributed by atoms with Crippen LogP contribution >= 0.6 is 46.8 Å². The molecule has 0 aliphatic carbocycles. The summed E-state index contributed by atoms with van der Waals surface area (Å²) in [7, 11) is 0. The normalized spacial score (nSPS) is 11.6. The molecular weight excluding hydrogens is 251 g/mol. The molecule has 0 aliphatic heterocycles. The van der Waals surface area contributed by atoms with Crippen LogP contribution in [-0.2, 0) is 9.94 Å². The Morgan fingerprint density at radius 2 is 1.77 bits per heavy atom. The Morgan fingerprint density at radius 3 is 2.31 bits per heavy atom. The molecule has 1 rings (SSSR count). The maximum atomic E-state index is 5.39. The van der Waals surface area contributed by atoms with E-state index in [2.05, 4.69) is 0 Å². The molecule has 1 nitrogen and oxygen atoms in total. The van der Waals surface area contributed by atoms with Gasteiger partial charge in [0.2, 0.25) is 0 Å². The molecule has 0 spiro atoms. The zero-order chi connectivity index (χ0) is 9.73. The Labute approximate surface area is 96.5 Å². The molecule has 1 aromatic carbocycles. The number of benzene rings is 1. The van der Waals surface area contributed by atoms with E-state index in [1.807, 2.05) is 30.3 Å². The molecule has 0 saturated heterocycles. The third-order valence-electron chi connectivity index (χ3n) is 1.22. The van der Waals surface area contributed by atoms with Crippen molar-refractivity contribution >= 4 is 46.8 Å². The monoisotopic (exact) mass is 256 g/mol. The van der Waals surface area contributed by atoms with E-state index in [0.717, 1.165) is 17.6 Å². The molecule has 0 amide bonds. The van der Waals surface area contributed by atoms with Crippen LogP contribution in [0, 0.1) is 0 Å². The van der Waals surface area contributed by atoms with Crippen molar-refractivity contribution in [2.75, 3.05) is 0 Å². The Morgan fingerprint density at radius 1 is 1.15 bits per heavy atom. The highest BCUT2D eigenvalue weighted by molar-refractivity contribution is 7.94. The summed E-state index contributed by atoms with van der Waals surface area (Å²) in [5.74, 6) is 0.661. The molecular formula is C8H7Cl3OS. The lowest BCUT2D eigenvalue weighted by Crippen LogP contribution is -2.02. The summed E-state index contributed by atoms with van der Waals surface area (Å²) in [6.45, 7) is 0. The number of hydrogen-bond donors (Lipinski definition) is 0. The molecule has 0 saturated carbocycles. The fraction of sp³-hybridized carbons (Fsp3) is 0.250. The molecule has 0 unspecified atom stereocenters. The van der Waals surface area contributed by atoms with Gasteiger partial charge in [-0.3, -0.25) is 4.18 Å². The topological polar surface area (TPSA) is 9.23 Å². The van der Waals surface area contributed by atoms with Crippen molar-refractivity contribution in [3.63, 3.8) is 0 Å². The maximum Gasteiger partial charge on any atom is 0.307 e. The van der Waals surface area contributed by atoms with Crippen LogP contribution in [0.5, 0.6) is 0 Å². The SMILES string of the molecule is ClC(Cl)(Cl)OSCc1ccccc1. The minimum Gasteiger partial charge on any atom is -0.263 e. The lowest BCUT2D eigenvalue weighted by Gasteiger charge is -2.09. The average Bonchev–Trinajstić information content (AvgIpc) is 2.04. The highest BCUT2D eigenvalue weighted by Crippen LogP contribution is 2.33. The summed E-state index contributed by atoms with van der Waals surface area (Å²) in [6.07, 6.45) is 0. The van der Waals surface area contributed by atoms with Gasteiger partial charge in [0.05, 0.1) is 0 Å². The van der Waals surface area contributed by atoms with E-state index in [0.29, 0.717) is 5.75 Å². The molecule has 0 bridgehead atoms. The first-order chi connectivity index (χ1) is 6.08. The molecule has 0 N–H and O–H groups in total. The van der Waals surface area contributed by atoms with E-state index in [9.17, 15) is 0 Å². The Balaban J connectivity index is 2.29. The zero-order valence-corrected chi connectivity index (χ0v) is 9.63. The standard InChI is InChI=1S/C8H7Cl3OS/c9-8(10,11)12-13-6-7-4-2-1-3-5-7/h1-5H,6H2. The number of alkyl halides is 3. The Hall–Kier alpha value is 0.400. The number of rotatable bonds is 3. The molecule has 0 atom stereocenters. The van der Waals surface area contributed by atoms with Crippen molar-refractivity contribution in [2.24, 2.45) is 0 Å². The molecule has 0 heterocycles. The van der Waals surface area contributed by atoms with Gasteiger partial charge >= 0.3 is 3.98 Å². The van der Waals surface area contributed by atoms with Gasteiger partial charge in [0, 0.05) is 17.8 Å². The van der Waals surface area contributed by atoms with Crippen LogP contribution in [0.25, 0.3) is 0 Å². The van der Waals surface area contributed by atoms with Gasteiger partial charge in [-0.1, -0.05) is 65.1 Å². The highest BCUT2D eigenvalue weighted by atomic mass is 35.6. The quantitative estimate of drug-likeness (QED) is 0.593. The predicted molar refractivity (Wildman–Crippen MR) is 59.1 cm³/mol. The first kappa shape index (κ1) is 11.5.